The molecule has 2 aromatic rings. The summed E-state index contributed by atoms with van der Waals surface area (Å²) in [7, 11) is 0. The summed E-state index contributed by atoms with van der Waals surface area (Å²) in [5, 5.41) is 7.66. The number of piperidine rings is 1. The normalized spacial score (nSPS) is 18.0. The van der Waals surface area contributed by atoms with Crippen molar-refractivity contribution < 1.29 is 9.63 Å². The molecule has 2 amide bonds. The first-order valence-corrected chi connectivity index (χ1v) is 12.4. The molecule has 5 heteroatoms. The zero-order valence-electron chi connectivity index (χ0n) is 21.8. The van der Waals surface area contributed by atoms with Crippen molar-refractivity contribution in [1.82, 2.24) is 4.90 Å². The van der Waals surface area contributed by atoms with E-state index in [9.17, 15) is 4.79 Å². The van der Waals surface area contributed by atoms with Crippen molar-refractivity contribution in [2.24, 2.45) is 5.16 Å². The lowest BCUT2D eigenvalue weighted by molar-refractivity contribution is -0.0544. The number of oxime groups is 1. The monoisotopic (exact) mass is 461 g/mol. The summed E-state index contributed by atoms with van der Waals surface area (Å²) in [4.78, 5) is 21.1. The van der Waals surface area contributed by atoms with Crippen LogP contribution in [0.15, 0.2) is 47.6 Å². The van der Waals surface area contributed by atoms with Crippen LogP contribution in [0.4, 0.5) is 10.5 Å². The van der Waals surface area contributed by atoms with E-state index < -0.39 is 0 Å². The number of hydrogen-bond donors (Lipinski definition) is 1. The number of para-hydroxylation sites is 1. The Morgan fingerprint density at radius 2 is 1.62 bits per heavy atom. The molecule has 0 aliphatic carbocycles. The average Bonchev–Trinajstić information content (AvgIpc) is 3.18. The number of urea groups is 1. The van der Waals surface area contributed by atoms with Gasteiger partial charge in [0.1, 0.15) is 5.60 Å². The minimum Gasteiger partial charge on any atom is -0.388 e. The highest BCUT2D eigenvalue weighted by atomic mass is 16.7. The molecule has 1 spiro atoms. The van der Waals surface area contributed by atoms with Crippen molar-refractivity contribution in [3.63, 3.8) is 0 Å². The third-order valence-corrected chi connectivity index (χ3v) is 7.20. The fourth-order valence-corrected chi connectivity index (χ4v) is 4.87. The first-order valence-electron chi connectivity index (χ1n) is 12.4. The van der Waals surface area contributed by atoms with Crippen LogP contribution >= 0.6 is 0 Å². The molecule has 2 aliphatic rings. The molecule has 34 heavy (non-hydrogen) atoms. The molecule has 2 aromatic carbocycles. The molecule has 2 heterocycles. The van der Waals surface area contributed by atoms with E-state index in [1.54, 1.807) is 0 Å². The van der Waals surface area contributed by atoms with Gasteiger partial charge in [-0.2, -0.15) is 0 Å². The number of hydrogen-bond acceptors (Lipinski definition) is 3. The Balaban J connectivity index is 1.38. The summed E-state index contributed by atoms with van der Waals surface area (Å²) < 4.78 is 0. The van der Waals surface area contributed by atoms with Gasteiger partial charge >= 0.3 is 6.03 Å². The number of nitrogens with zero attached hydrogens (tertiary/aromatic N) is 2. The van der Waals surface area contributed by atoms with Crippen molar-refractivity contribution in [1.29, 1.82) is 0 Å². The van der Waals surface area contributed by atoms with Gasteiger partial charge in [0.15, 0.2) is 0 Å². The van der Waals surface area contributed by atoms with E-state index in [0.717, 1.165) is 47.4 Å². The number of anilines is 1. The Morgan fingerprint density at radius 3 is 2.21 bits per heavy atom. The lowest BCUT2D eigenvalue weighted by atomic mass is 9.84. The average molecular weight is 462 g/mol. The summed E-state index contributed by atoms with van der Waals surface area (Å²) in [5.74, 6) is 0. The SMILES string of the molecule is Cc1cccc(C(C)(C)C)c1NC(=O)N1CCC2(CC1)CC(c1ccc(C(C)(C)C)cc1)=NO2. The van der Waals surface area contributed by atoms with Gasteiger partial charge in [-0.3, -0.25) is 0 Å². The van der Waals surface area contributed by atoms with Crippen LogP contribution < -0.4 is 5.32 Å². The molecular formula is C29H39N3O2. The summed E-state index contributed by atoms with van der Waals surface area (Å²) in [6, 6.07) is 14.9. The van der Waals surface area contributed by atoms with E-state index in [2.05, 4.69) is 101 Å². The third kappa shape index (κ3) is 4.98. The second-order valence-electron chi connectivity index (χ2n) is 12.0. The fraction of sp³-hybridized carbons (Fsp3) is 0.517. The standard InChI is InChI=1S/C29H39N3O2/c1-20-9-8-10-23(28(5,6)7)25(20)30-26(33)32-17-15-29(16-18-32)19-24(31-34-29)21-11-13-22(14-12-21)27(2,3)4/h8-14H,15-19H2,1-7H3,(H,30,33). The Morgan fingerprint density at radius 1 is 0.971 bits per heavy atom. The number of amides is 2. The van der Waals surface area contributed by atoms with Gasteiger partial charge in [0.05, 0.1) is 5.71 Å². The van der Waals surface area contributed by atoms with Gasteiger partial charge in [-0.1, -0.05) is 89.2 Å². The molecule has 2 aliphatic heterocycles. The van der Waals surface area contributed by atoms with Crippen LogP contribution in [-0.2, 0) is 15.7 Å². The molecule has 0 atom stereocenters. The third-order valence-electron chi connectivity index (χ3n) is 7.20. The lowest BCUT2D eigenvalue weighted by Gasteiger charge is -2.37. The molecule has 1 saturated heterocycles. The van der Waals surface area contributed by atoms with E-state index in [-0.39, 0.29) is 22.5 Å². The Hall–Kier alpha value is -2.82. The Labute approximate surface area is 204 Å². The van der Waals surface area contributed by atoms with Crippen LogP contribution in [0.3, 0.4) is 0 Å². The van der Waals surface area contributed by atoms with Crippen molar-refractivity contribution >= 4 is 17.4 Å². The molecule has 0 bridgehead atoms. The van der Waals surface area contributed by atoms with Crippen LogP contribution in [-0.4, -0.2) is 35.3 Å². The Kier molecular flexibility index (Phi) is 6.26. The first kappa shape index (κ1) is 24.3. The zero-order valence-corrected chi connectivity index (χ0v) is 21.8. The van der Waals surface area contributed by atoms with Crippen LogP contribution in [0, 0.1) is 6.92 Å². The van der Waals surface area contributed by atoms with Crippen LogP contribution in [0.25, 0.3) is 0 Å². The molecule has 1 fully saturated rings. The van der Waals surface area contributed by atoms with Crippen LogP contribution in [0.2, 0.25) is 0 Å². The highest BCUT2D eigenvalue weighted by Crippen LogP contribution is 2.37. The largest absolute Gasteiger partial charge is 0.388 e. The second-order valence-corrected chi connectivity index (χ2v) is 12.0. The maximum atomic E-state index is 13.1. The minimum atomic E-state index is -0.298. The van der Waals surface area contributed by atoms with Gasteiger partial charge in [0.2, 0.25) is 0 Å². The summed E-state index contributed by atoms with van der Waals surface area (Å²) in [6.07, 6.45) is 2.37. The molecule has 0 radical (unpaired) electrons. The molecule has 1 N–H and O–H groups in total. The van der Waals surface area contributed by atoms with E-state index in [4.69, 9.17) is 4.84 Å². The smallest absolute Gasteiger partial charge is 0.321 e. The predicted molar refractivity (Wildman–Crippen MR) is 140 cm³/mol. The van der Waals surface area contributed by atoms with E-state index in [0.29, 0.717) is 13.1 Å². The Bertz CT molecular complexity index is 1080. The van der Waals surface area contributed by atoms with E-state index in [1.165, 1.54) is 5.56 Å². The lowest BCUT2D eigenvalue weighted by Crippen LogP contribution is -2.48. The topological polar surface area (TPSA) is 53.9 Å². The molecule has 0 saturated carbocycles. The van der Waals surface area contributed by atoms with Gasteiger partial charge < -0.3 is 15.1 Å². The van der Waals surface area contributed by atoms with Gasteiger partial charge in [-0.15, -0.1) is 0 Å². The predicted octanol–water partition coefficient (Wildman–Crippen LogP) is 6.78. The molecule has 0 unspecified atom stereocenters. The van der Waals surface area contributed by atoms with Gasteiger partial charge in [0, 0.05) is 38.0 Å². The number of nitrogens with one attached hydrogen (secondary N) is 1. The summed E-state index contributed by atoms with van der Waals surface area (Å²) in [6.45, 7) is 16.6. The molecule has 4 rings (SSSR count). The van der Waals surface area contributed by atoms with E-state index in [1.807, 2.05) is 4.90 Å². The summed E-state index contributed by atoms with van der Waals surface area (Å²) >= 11 is 0. The van der Waals surface area contributed by atoms with Crippen LogP contribution in [0.5, 0.6) is 0 Å². The van der Waals surface area contributed by atoms with Gasteiger partial charge in [-0.05, 0) is 40.0 Å². The highest BCUT2D eigenvalue weighted by molar-refractivity contribution is 6.01. The number of carbonyl (C=O) groups excluding carboxylic acids is 1. The maximum Gasteiger partial charge on any atom is 0.321 e. The van der Waals surface area contributed by atoms with Crippen molar-refractivity contribution in [2.45, 2.75) is 84.2 Å². The van der Waals surface area contributed by atoms with Crippen molar-refractivity contribution in [3.8, 4) is 0 Å². The second kappa shape index (κ2) is 8.75. The number of rotatable bonds is 2. The van der Waals surface area contributed by atoms with Gasteiger partial charge in [0.25, 0.3) is 0 Å². The molecule has 0 aromatic heterocycles. The first-order chi connectivity index (χ1) is 15.9. The number of likely N-dealkylation sites (tertiary alicyclic amines) is 1. The number of benzene rings is 2. The number of aryl methyl sites for hydroxylation is 1. The zero-order chi connectivity index (χ0) is 24.7. The number of carbonyl (C=O) groups is 1. The molecule has 5 nitrogen and oxygen atoms in total. The van der Waals surface area contributed by atoms with Crippen molar-refractivity contribution in [3.05, 3.63) is 64.7 Å². The maximum absolute atomic E-state index is 13.1. The van der Waals surface area contributed by atoms with E-state index >= 15 is 0 Å². The van der Waals surface area contributed by atoms with Gasteiger partial charge in [-0.25, -0.2) is 4.79 Å². The quantitative estimate of drug-likeness (QED) is 0.536. The van der Waals surface area contributed by atoms with Crippen molar-refractivity contribution in [2.75, 3.05) is 18.4 Å². The van der Waals surface area contributed by atoms with Crippen LogP contribution in [0.1, 0.15) is 83.1 Å². The highest BCUT2D eigenvalue weighted by Gasteiger charge is 2.43. The minimum absolute atomic E-state index is 0.0356. The molecule has 182 valence electrons. The fourth-order valence-electron chi connectivity index (χ4n) is 4.87. The summed E-state index contributed by atoms with van der Waals surface area (Å²) in [5.41, 5.74) is 6.41. The molecular weight excluding hydrogens is 422 g/mol.